The Balaban J connectivity index is 1.55. The molecule has 1 aromatic heterocycles. The zero-order valence-corrected chi connectivity index (χ0v) is 17.1. The van der Waals surface area contributed by atoms with Gasteiger partial charge in [0.15, 0.2) is 5.82 Å². The van der Waals surface area contributed by atoms with Gasteiger partial charge in [0.25, 0.3) is 0 Å². The second-order valence-electron chi connectivity index (χ2n) is 6.71. The summed E-state index contributed by atoms with van der Waals surface area (Å²) in [6.07, 6.45) is 0. The maximum absolute atomic E-state index is 12.2. The van der Waals surface area contributed by atoms with Crippen molar-refractivity contribution in [2.24, 2.45) is 0 Å². The van der Waals surface area contributed by atoms with Crippen LogP contribution in [0, 0.1) is 6.92 Å². The number of hydrogen-bond acceptors (Lipinski definition) is 4. The van der Waals surface area contributed by atoms with Gasteiger partial charge in [-0.1, -0.05) is 41.9 Å². The maximum Gasteiger partial charge on any atom is 0.238 e. The molecule has 0 radical (unpaired) electrons. The van der Waals surface area contributed by atoms with E-state index in [1.54, 1.807) is 11.8 Å². The van der Waals surface area contributed by atoms with E-state index in [-0.39, 0.29) is 16.4 Å². The van der Waals surface area contributed by atoms with Gasteiger partial charge >= 0.3 is 0 Å². The highest BCUT2D eigenvalue weighted by Crippen LogP contribution is 2.44. The number of nitrogens with one attached hydrogen (secondary N) is 2. The quantitative estimate of drug-likeness (QED) is 0.623. The van der Waals surface area contributed by atoms with Gasteiger partial charge in [-0.15, -0.1) is 11.8 Å². The standard InChI is InChI=1S/C21H20ClN3O2S/c1-12-18-19(28-13(2)21(26)23-20(18)25-24-12)14-7-9-16(10-8-14)27-11-15-5-3-4-6-17(15)22/h3-10,13,19H,11H2,1-2H3,(H2,23,24,25,26)/t13-,19-/m0/s1. The number of hydrogen-bond donors (Lipinski definition) is 2. The number of halogens is 1. The topological polar surface area (TPSA) is 67.0 Å². The lowest BCUT2D eigenvalue weighted by Crippen LogP contribution is -2.21. The fourth-order valence-electron chi connectivity index (χ4n) is 3.17. The molecule has 1 aliphatic heterocycles. The van der Waals surface area contributed by atoms with Gasteiger partial charge in [-0.2, -0.15) is 5.10 Å². The Bertz CT molecular complexity index is 1000. The first-order valence-corrected chi connectivity index (χ1v) is 10.3. The highest BCUT2D eigenvalue weighted by Gasteiger charge is 2.32. The highest BCUT2D eigenvalue weighted by molar-refractivity contribution is 8.01. The molecule has 2 N–H and O–H groups in total. The third-order valence-corrected chi connectivity index (χ3v) is 6.51. The fourth-order valence-corrected chi connectivity index (χ4v) is 4.69. The van der Waals surface area contributed by atoms with Crippen LogP contribution in [-0.4, -0.2) is 21.4 Å². The summed E-state index contributed by atoms with van der Waals surface area (Å²) in [5.74, 6) is 1.36. The number of aryl methyl sites for hydroxylation is 1. The summed E-state index contributed by atoms with van der Waals surface area (Å²) in [5.41, 5.74) is 4.03. The summed E-state index contributed by atoms with van der Waals surface area (Å²) in [6, 6.07) is 15.6. The number of fused-ring (bicyclic) bond motifs is 1. The smallest absolute Gasteiger partial charge is 0.238 e. The average molecular weight is 414 g/mol. The fraction of sp³-hybridized carbons (Fsp3) is 0.238. The van der Waals surface area contributed by atoms with Crippen molar-refractivity contribution in [2.45, 2.75) is 31.0 Å². The molecule has 3 aromatic rings. The van der Waals surface area contributed by atoms with Crippen molar-refractivity contribution in [1.29, 1.82) is 0 Å². The number of aromatic amines is 1. The maximum atomic E-state index is 12.2. The van der Waals surface area contributed by atoms with Crippen molar-refractivity contribution in [3.8, 4) is 5.75 Å². The first-order chi connectivity index (χ1) is 13.5. The summed E-state index contributed by atoms with van der Waals surface area (Å²) >= 11 is 7.80. The third-order valence-electron chi connectivity index (χ3n) is 4.74. The first kappa shape index (κ1) is 18.9. The van der Waals surface area contributed by atoms with E-state index in [2.05, 4.69) is 15.5 Å². The lowest BCUT2D eigenvalue weighted by Gasteiger charge is -2.18. The Morgan fingerprint density at radius 1 is 1.18 bits per heavy atom. The molecule has 1 aliphatic rings. The minimum absolute atomic E-state index is 0.0142. The van der Waals surface area contributed by atoms with Gasteiger partial charge in [0, 0.05) is 21.8 Å². The molecule has 2 heterocycles. The van der Waals surface area contributed by atoms with E-state index in [1.807, 2.05) is 62.4 Å². The minimum Gasteiger partial charge on any atom is -0.489 e. The number of H-pyrrole nitrogens is 1. The molecule has 0 fully saturated rings. The molecule has 1 amide bonds. The molecule has 144 valence electrons. The van der Waals surface area contributed by atoms with Crippen LogP contribution >= 0.6 is 23.4 Å². The molecule has 2 aromatic carbocycles. The second kappa shape index (κ2) is 7.89. The largest absolute Gasteiger partial charge is 0.489 e. The Labute approximate surface area is 172 Å². The molecule has 5 nitrogen and oxygen atoms in total. The molecule has 0 bridgehead atoms. The van der Waals surface area contributed by atoms with E-state index in [0.29, 0.717) is 17.4 Å². The SMILES string of the molecule is Cc1[nH]nc2c1[C@H](c1ccc(OCc3ccccc3Cl)cc1)S[C@@H](C)C(=O)N2. The Kier molecular flexibility index (Phi) is 5.33. The molecule has 7 heteroatoms. The predicted molar refractivity (Wildman–Crippen MR) is 113 cm³/mol. The lowest BCUT2D eigenvalue weighted by atomic mass is 10.0. The molecule has 0 saturated heterocycles. The molecule has 2 atom stereocenters. The lowest BCUT2D eigenvalue weighted by molar-refractivity contribution is -0.115. The zero-order valence-electron chi connectivity index (χ0n) is 15.5. The van der Waals surface area contributed by atoms with Crippen molar-refractivity contribution in [3.05, 3.63) is 75.9 Å². The highest BCUT2D eigenvalue weighted by atomic mass is 35.5. The van der Waals surface area contributed by atoms with Gasteiger partial charge in [-0.05, 0) is 37.6 Å². The van der Waals surface area contributed by atoms with E-state index in [9.17, 15) is 4.79 Å². The van der Waals surface area contributed by atoms with Gasteiger partial charge in [0.05, 0.1) is 10.5 Å². The molecular weight excluding hydrogens is 394 g/mol. The van der Waals surface area contributed by atoms with Crippen LogP contribution in [0.1, 0.15) is 34.6 Å². The van der Waals surface area contributed by atoms with E-state index in [0.717, 1.165) is 28.1 Å². The van der Waals surface area contributed by atoms with E-state index < -0.39 is 0 Å². The summed E-state index contributed by atoms with van der Waals surface area (Å²) in [6.45, 7) is 4.30. The summed E-state index contributed by atoms with van der Waals surface area (Å²) in [5, 5.41) is 10.7. The first-order valence-electron chi connectivity index (χ1n) is 9.00. The normalized spacial score (nSPS) is 18.9. The molecular formula is C21H20ClN3O2S. The van der Waals surface area contributed by atoms with E-state index >= 15 is 0 Å². The van der Waals surface area contributed by atoms with E-state index in [1.165, 1.54) is 0 Å². The van der Waals surface area contributed by atoms with Crippen LogP contribution in [0.25, 0.3) is 0 Å². The average Bonchev–Trinajstić information content (AvgIpc) is 2.99. The van der Waals surface area contributed by atoms with Gasteiger partial charge in [0.2, 0.25) is 5.91 Å². The number of amides is 1. The molecule has 0 aliphatic carbocycles. The number of anilines is 1. The predicted octanol–water partition coefficient (Wildman–Crippen LogP) is 5.11. The monoisotopic (exact) mass is 413 g/mol. The number of carbonyl (C=O) groups is 1. The Morgan fingerprint density at radius 2 is 1.93 bits per heavy atom. The van der Waals surface area contributed by atoms with Crippen molar-refractivity contribution in [3.63, 3.8) is 0 Å². The van der Waals surface area contributed by atoms with Crippen LogP contribution in [0.2, 0.25) is 5.02 Å². The van der Waals surface area contributed by atoms with Gasteiger partial charge in [0.1, 0.15) is 12.4 Å². The number of ether oxygens (including phenoxy) is 1. The van der Waals surface area contributed by atoms with Gasteiger partial charge in [-0.25, -0.2) is 0 Å². The number of nitrogens with zero attached hydrogens (tertiary/aromatic N) is 1. The van der Waals surface area contributed by atoms with Gasteiger partial charge in [-0.3, -0.25) is 9.89 Å². The molecule has 0 spiro atoms. The number of thioether (sulfide) groups is 1. The number of carbonyl (C=O) groups excluding carboxylic acids is 1. The van der Waals surface area contributed by atoms with Gasteiger partial charge < -0.3 is 10.1 Å². The Morgan fingerprint density at radius 3 is 2.68 bits per heavy atom. The van der Waals surface area contributed by atoms with Crippen LogP contribution < -0.4 is 10.1 Å². The zero-order chi connectivity index (χ0) is 19.7. The second-order valence-corrected chi connectivity index (χ2v) is 8.57. The summed E-state index contributed by atoms with van der Waals surface area (Å²) < 4.78 is 5.88. The Hall–Kier alpha value is -2.44. The minimum atomic E-state index is -0.172. The molecule has 0 unspecified atom stereocenters. The van der Waals surface area contributed by atoms with Crippen molar-refractivity contribution in [2.75, 3.05) is 5.32 Å². The van der Waals surface area contributed by atoms with Crippen LogP contribution in [0.4, 0.5) is 5.82 Å². The van der Waals surface area contributed by atoms with Crippen LogP contribution in [0.5, 0.6) is 5.75 Å². The summed E-state index contributed by atoms with van der Waals surface area (Å²) in [7, 11) is 0. The third kappa shape index (κ3) is 3.75. The van der Waals surface area contributed by atoms with Crippen LogP contribution in [0.15, 0.2) is 48.5 Å². The molecule has 0 saturated carbocycles. The number of aromatic nitrogens is 2. The number of benzene rings is 2. The molecule has 28 heavy (non-hydrogen) atoms. The summed E-state index contributed by atoms with van der Waals surface area (Å²) in [4.78, 5) is 12.2. The van der Waals surface area contributed by atoms with Crippen molar-refractivity contribution >= 4 is 35.1 Å². The van der Waals surface area contributed by atoms with Crippen LogP contribution in [0.3, 0.4) is 0 Å². The van der Waals surface area contributed by atoms with E-state index in [4.69, 9.17) is 16.3 Å². The van der Waals surface area contributed by atoms with Crippen LogP contribution in [-0.2, 0) is 11.4 Å². The molecule has 4 rings (SSSR count). The van der Waals surface area contributed by atoms with Crippen molar-refractivity contribution in [1.82, 2.24) is 10.2 Å². The van der Waals surface area contributed by atoms with Crippen molar-refractivity contribution < 1.29 is 9.53 Å². The number of rotatable bonds is 4.